The Kier molecular flexibility index (Phi) is 2.85. The van der Waals surface area contributed by atoms with E-state index in [1.54, 1.807) is 0 Å². The Labute approximate surface area is 120 Å². The van der Waals surface area contributed by atoms with Crippen molar-refractivity contribution in [3.8, 4) is 0 Å². The average Bonchev–Trinajstić information content (AvgIpc) is 3.05. The van der Waals surface area contributed by atoms with Crippen molar-refractivity contribution in [2.24, 2.45) is 11.0 Å². The molecular formula is C15H14N2S2. The number of thioether (sulfide) groups is 1. The van der Waals surface area contributed by atoms with Gasteiger partial charge in [-0.15, -0.1) is 11.3 Å². The second-order valence-corrected chi connectivity index (χ2v) is 6.91. The maximum Gasteiger partial charge on any atom is 0.0874 e. The Bertz CT molecular complexity index is 619. The molecule has 2 atom stereocenters. The van der Waals surface area contributed by atoms with Gasteiger partial charge in [-0.2, -0.15) is 16.9 Å². The van der Waals surface area contributed by atoms with E-state index in [9.17, 15) is 0 Å². The molecule has 0 aliphatic carbocycles. The standard InChI is InChI=1S/C15H14N2S2/c1-2-5-11-10(4-1)8-18-9-12-14(11)16-17-15(12)13-6-3-7-19-13/h1-7,12,15,17H,8-9H2. The first kappa shape index (κ1) is 11.6. The van der Waals surface area contributed by atoms with Crippen LogP contribution in [0.3, 0.4) is 0 Å². The van der Waals surface area contributed by atoms with E-state index in [2.05, 4.69) is 52.3 Å². The highest BCUT2D eigenvalue weighted by Gasteiger charge is 2.36. The van der Waals surface area contributed by atoms with E-state index >= 15 is 0 Å². The molecule has 0 radical (unpaired) electrons. The van der Waals surface area contributed by atoms with Gasteiger partial charge >= 0.3 is 0 Å². The maximum atomic E-state index is 4.66. The van der Waals surface area contributed by atoms with E-state index in [1.807, 2.05) is 23.1 Å². The fourth-order valence-electron chi connectivity index (χ4n) is 2.83. The Morgan fingerprint density at radius 3 is 3.00 bits per heavy atom. The van der Waals surface area contributed by atoms with E-state index in [-0.39, 0.29) is 0 Å². The summed E-state index contributed by atoms with van der Waals surface area (Å²) in [7, 11) is 0. The van der Waals surface area contributed by atoms with Gasteiger partial charge in [0.15, 0.2) is 0 Å². The van der Waals surface area contributed by atoms with Crippen LogP contribution in [0, 0.1) is 5.92 Å². The molecule has 3 heterocycles. The van der Waals surface area contributed by atoms with Gasteiger partial charge in [0.1, 0.15) is 0 Å². The Morgan fingerprint density at radius 2 is 2.11 bits per heavy atom. The van der Waals surface area contributed by atoms with Gasteiger partial charge in [0.05, 0.1) is 11.8 Å². The van der Waals surface area contributed by atoms with Gasteiger partial charge in [0.25, 0.3) is 0 Å². The first-order valence-electron chi connectivity index (χ1n) is 6.46. The fraction of sp³-hybridized carbons (Fsp3) is 0.267. The predicted octanol–water partition coefficient (Wildman–Crippen LogP) is 3.66. The molecule has 0 saturated carbocycles. The molecule has 19 heavy (non-hydrogen) atoms. The fourth-order valence-corrected chi connectivity index (χ4v) is 4.86. The van der Waals surface area contributed by atoms with Crippen LogP contribution in [-0.4, -0.2) is 11.5 Å². The van der Waals surface area contributed by atoms with Gasteiger partial charge in [0.2, 0.25) is 0 Å². The molecule has 2 aliphatic rings. The molecule has 4 rings (SSSR count). The highest BCUT2D eigenvalue weighted by molar-refractivity contribution is 7.98. The van der Waals surface area contributed by atoms with E-state index in [0.29, 0.717) is 12.0 Å². The number of benzene rings is 1. The number of thiophene rings is 1. The molecule has 2 nitrogen and oxygen atoms in total. The quantitative estimate of drug-likeness (QED) is 0.865. The molecule has 0 saturated heterocycles. The van der Waals surface area contributed by atoms with Gasteiger partial charge in [-0.25, -0.2) is 0 Å². The Balaban J connectivity index is 1.75. The molecule has 2 aliphatic heterocycles. The minimum atomic E-state index is 0.355. The first-order chi connectivity index (χ1) is 9.43. The van der Waals surface area contributed by atoms with E-state index in [0.717, 1.165) is 11.5 Å². The van der Waals surface area contributed by atoms with Gasteiger partial charge < -0.3 is 5.43 Å². The van der Waals surface area contributed by atoms with Gasteiger partial charge in [-0.05, 0) is 17.0 Å². The zero-order valence-corrected chi connectivity index (χ0v) is 12.0. The highest BCUT2D eigenvalue weighted by Crippen LogP contribution is 2.38. The van der Waals surface area contributed by atoms with Crippen molar-refractivity contribution in [1.29, 1.82) is 0 Å². The summed E-state index contributed by atoms with van der Waals surface area (Å²) in [6, 6.07) is 13.4. The van der Waals surface area contributed by atoms with E-state index < -0.39 is 0 Å². The van der Waals surface area contributed by atoms with Crippen LogP contribution < -0.4 is 5.43 Å². The van der Waals surface area contributed by atoms with Gasteiger partial charge in [-0.3, -0.25) is 0 Å². The average molecular weight is 286 g/mol. The van der Waals surface area contributed by atoms with Crippen molar-refractivity contribution in [2.45, 2.75) is 11.8 Å². The third kappa shape index (κ3) is 1.90. The molecule has 4 heteroatoms. The summed E-state index contributed by atoms with van der Waals surface area (Å²) in [5.41, 5.74) is 7.36. The molecule has 1 aromatic heterocycles. The zero-order valence-electron chi connectivity index (χ0n) is 10.4. The predicted molar refractivity (Wildman–Crippen MR) is 82.8 cm³/mol. The lowest BCUT2D eigenvalue weighted by Gasteiger charge is -2.17. The van der Waals surface area contributed by atoms with Gasteiger partial charge in [-0.1, -0.05) is 30.3 Å². The second kappa shape index (κ2) is 4.69. The van der Waals surface area contributed by atoms with Crippen molar-refractivity contribution >= 4 is 28.8 Å². The van der Waals surface area contributed by atoms with Crippen molar-refractivity contribution in [2.75, 3.05) is 5.75 Å². The molecule has 2 unspecified atom stereocenters. The molecule has 96 valence electrons. The lowest BCUT2D eigenvalue weighted by Crippen LogP contribution is -2.22. The highest BCUT2D eigenvalue weighted by atomic mass is 32.2. The molecule has 1 N–H and O–H groups in total. The van der Waals surface area contributed by atoms with Crippen molar-refractivity contribution in [3.05, 3.63) is 57.8 Å². The van der Waals surface area contributed by atoms with Crippen LogP contribution in [-0.2, 0) is 5.75 Å². The minimum Gasteiger partial charge on any atom is -0.301 e. The normalized spacial score (nSPS) is 24.9. The molecule has 2 aromatic rings. The summed E-state index contributed by atoms with van der Waals surface area (Å²) >= 11 is 3.84. The number of fused-ring (bicyclic) bond motifs is 3. The van der Waals surface area contributed by atoms with Crippen LogP contribution in [0.25, 0.3) is 0 Å². The lowest BCUT2D eigenvalue weighted by atomic mass is 9.90. The van der Waals surface area contributed by atoms with Crippen molar-refractivity contribution in [3.63, 3.8) is 0 Å². The summed E-state index contributed by atoms with van der Waals surface area (Å²) in [4.78, 5) is 1.39. The third-order valence-corrected chi connectivity index (χ3v) is 5.84. The maximum absolute atomic E-state index is 4.66. The Hall–Kier alpha value is -1.26. The molecule has 0 spiro atoms. The lowest BCUT2D eigenvalue weighted by molar-refractivity contribution is 0.539. The van der Waals surface area contributed by atoms with Gasteiger partial charge in [0, 0.05) is 27.9 Å². The van der Waals surface area contributed by atoms with Crippen molar-refractivity contribution in [1.82, 2.24) is 5.43 Å². The number of hydrazone groups is 1. The summed E-state index contributed by atoms with van der Waals surface area (Å²) < 4.78 is 0. The first-order valence-corrected chi connectivity index (χ1v) is 8.49. The molecule has 0 bridgehead atoms. The number of nitrogens with zero attached hydrogens (tertiary/aromatic N) is 1. The van der Waals surface area contributed by atoms with E-state index in [4.69, 9.17) is 0 Å². The topological polar surface area (TPSA) is 24.4 Å². The molecule has 0 amide bonds. The summed E-state index contributed by atoms with van der Waals surface area (Å²) in [6.07, 6.45) is 0. The molecular weight excluding hydrogens is 272 g/mol. The number of hydrogen-bond acceptors (Lipinski definition) is 4. The van der Waals surface area contributed by atoms with Crippen LogP contribution in [0.4, 0.5) is 0 Å². The summed E-state index contributed by atoms with van der Waals surface area (Å²) in [5, 5.41) is 6.80. The summed E-state index contributed by atoms with van der Waals surface area (Å²) in [6.45, 7) is 0. The summed E-state index contributed by atoms with van der Waals surface area (Å²) in [5.74, 6) is 2.73. The zero-order chi connectivity index (χ0) is 12.7. The van der Waals surface area contributed by atoms with Crippen LogP contribution >= 0.6 is 23.1 Å². The SMILES string of the molecule is c1csc(C2NN=C3c4ccccc4CSCC32)c1. The molecule has 1 aromatic carbocycles. The number of nitrogens with one attached hydrogen (secondary N) is 1. The molecule has 0 fully saturated rings. The Morgan fingerprint density at radius 1 is 1.16 bits per heavy atom. The second-order valence-electron chi connectivity index (χ2n) is 4.90. The minimum absolute atomic E-state index is 0.355. The monoisotopic (exact) mass is 286 g/mol. The van der Waals surface area contributed by atoms with Crippen LogP contribution in [0.1, 0.15) is 22.0 Å². The van der Waals surface area contributed by atoms with E-state index in [1.165, 1.54) is 21.7 Å². The van der Waals surface area contributed by atoms with Crippen molar-refractivity contribution < 1.29 is 0 Å². The smallest absolute Gasteiger partial charge is 0.0874 e. The van der Waals surface area contributed by atoms with Crippen LogP contribution in [0.2, 0.25) is 0 Å². The largest absolute Gasteiger partial charge is 0.301 e. The van der Waals surface area contributed by atoms with Crippen LogP contribution in [0.15, 0.2) is 46.9 Å². The number of hydrogen-bond donors (Lipinski definition) is 1. The third-order valence-electron chi connectivity index (χ3n) is 3.78. The number of rotatable bonds is 1. The van der Waals surface area contributed by atoms with Crippen LogP contribution in [0.5, 0.6) is 0 Å².